The number of amides is 2. The molecule has 0 radical (unpaired) electrons. The summed E-state index contributed by atoms with van der Waals surface area (Å²) in [5.41, 5.74) is 2.05. The van der Waals surface area contributed by atoms with Crippen molar-refractivity contribution in [3.63, 3.8) is 0 Å². The Balaban J connectivity index is 1.54. The van der Waals surface area contributed by atoms with E-state index < -0.39 is 12.0 Å². The quantitative estimate of drug-likeness (QED) is 0.459. The molecule has 2 aromatic heterocycles. The Morgan fingerprint density at radius 3 is 2.80 bits per heavy atom. The van der Waals surface area contributed by atoms with Gasteiger partial charge < -0.3 is 19.0 Å². The molecule has 3 N–H and O–H groups in total. The molecule has 130 valence electrons. The Hall–Kier alpha value is -3.33. The number of rotatable bonds is 6. The van der Waals surface area contributed by atoms with Crippen molar-refractivity contribution in [1.29, 1.82) is 0 Å². The number of ether oxygens (including phenoxy) is 1. The molecule has 1 aromatic carbocycles. The second kappa shape index (κ2) is 7.05. The largest absolute Gasteiger partial charge is 0.471 e. The molecule has 0 aliphatic carbocycles. The van der Waals surface area contributed by atoms with Crippen molar-refractivity contribution in [3.8, 4) is 5.88 Å². The van der Waals surface area contributed by atoms with E-state index in [0.717, 1.165) is 5.39 Å². The molecule has 0 saturated carbocycles. The first-order valence-corrected chi connectivity index (χ1v) is 7.41. The summed E-state index contributed by atoms with van der Waals surface area (Å²) in [5, 5.41) is 15.6. The standard InChI is InChI=1S/C16H15N3O6/c1-9(23-14-7-13(25-19-14)16(21)18-22)8-17-15(20)12-6-10-4-2-3-5-11(10)24-12/h2-7,9,22H,8H2,1H3,(H,17,20)(H,18,21)/t9-/m1/s1. The molecule has 3 aromatic rings. The van der Waals surface area contributed by atoms with E-state index in [1.807, 2.05) is 18.2 Å². The van der Waals surface area contributed by atoms with Crippen LogP contribution in [0.25, 0.3) is 11.0 Å². The van der Waals surface area contributed by atoms with Gasteiger partial charge in [0.1, 0.15) is 11.7 Å². The predicted octanol–water partition coefficient (Wildman–Crippen LogP) is 1.74. The Bertz CT molecular complexity index is 867. The number of hydroxylamine groups is 1. The number of carbonyl (C=O) groups is 2. The smallest absolute Gasteiger partial charge is 0.313 e. The zero-order chi connectivity index (χ0) is 17.8. The molecule has 2 amide bonds. The van der Waals surface area contributed by atoms with Crippen LogP contribution in [0.1, 0.15) is 28.0 Å². The minimum Gasteiger partial charge on any atom is -0.471 e. The van der Waals surface area contributed by atoms with Gasteiger partial charge in [0.05, 0.1) is 12.6 Å². The van der Waals surface area contributed by atoms with Crippen LogP contribution in [0.4, 0.5) is 0 Å². The van der Waals surface area contributed by atoms with Crippen LogP contribution in [-0.4, -0.2) is 34.8 Å². The molecule has 2 heterocycles. The van der Waals surface area contributed by atoms with Gasteiger partial charge in [-0.1, -0.05) is 18.2 Å². The summed E-state index contributed by atoms with van der Waals surface area (Å²) in [4.78, 5) is 23.3. The van der Waals surface area contributed by atoms with Crippen molar-refractivity contribution in [2.24, 2.45) is 0 Å². The number of benzene rings is 1. The molecule has 0 aliphatic rings. The first-order chi connectivity index (χ1) is 12.1. The lowest BCUT2D eigenvalue weighted by molar-refractivity contribution is 0.0666. The molecule has 3 rings (SSSR count). The lowest BCUT2D eigenvalue weighted by atomic mass is 10.2. The number of carbonyl (C=O) groups excluding carboxylic acids is 2. The summed E-state index contributed by atoms with van der Waals surface area (Å²) >= 11 is 0. The average Bonchev–Trinajstić information content (AvgIpc) is 3.25. The molecular formula is C16H15N3O6. The van der Waals surface area contributed by atoms with Crippen molar-refractivity contribution >= 4 is 22.8 Å². The van der Waals surface area contributed by atoms with Gasteiger partial charge in [-0.3, -0.25) is 14.8 Å². The maximum atomic E-state index is 12.1. The SMILES string of the molecule is C[C@H](CNC(=O)c1cc2ccccc2o1)Oc1cc(C(=O)NO)on1. The van der Waals surface area contributed by atoms with Crippen molar-refractivity contribution < 1.29 is 28.5 Å². The summed E-state index contributed by atoms with van der Waals surface area (Å²) < 4.78 is 15.6. The summed E-state index contributed by atoms with van der Waals surface area (Å²) in [6.07, 6.45) is -0.441. The van der Waals surface area contributed by atoms with E-state index in [1.165, 1.54) is 11.5 Å². The van der Waals surface area contributed by atoms with Gasteiger partial charge in [0.25, 0.3) is 11.8 Å². The highest BCUT2D eigenvalue weighted by Crippen LogP contribution is 2.18. The molecule has 1 atom stereocenters. The Labute approximate surface area is 141 Å². The summed E-state index contributed by atoms with van der Waals surface area (Å²) in [6, 6.07) is 10.2. The van der Waals surface area contributed by atoms with Crippen LogP contribution in [-0.2, 0) is 0 Å². The molecule has 9 heteroatoms. The number of fused-ring (bicyclic) bond motifs is 1. The topological polar surface area (TPSA) is 127 Å². The number of hydrogen-bond acceptors (Lipinski definition) is 7. The highest BCUT2D eigenvalue weighted by atomic mass is 16.5. The number of nitrogens with zero attached hydrogens (tertiary/aromatic N) is 1. The van der Waals surface area contributed by atoms with E-state index in [0.29, 0.717) is 5.58 Å². The fourth-order valence-electron chi connectivity index (χ4n) is 2.14. The lowest BCUT2D eigenvalue weighted by Crippen LogP contribution is -2.33. The first kappa shape index (κ1) is 16.5. The zero-order valence-electron chi connectivity index (χ0n) is 13.2. The van der Waals surface area contributed by atoms with Crippen LogP contribution in [0.15, 0.2) is 45.3 Å². The Morgan fingerprint density at radius 2 is 2.04 bits per heavy atom. The number of para-hydroxylation sites is 1. The van der Waals surface area contributed by atoms with Crippen LogP contribution in [0.2, 0.25) is 0 Å². The van der Waals surface area contributed by atoms with E-state index in [9.17, 15) is 9.59 Å². The Kier molecular flexibility index (Phi) is 4.66. The van der Waals surface area contributed by atoms with Gasteiger partial charge in [-0.15, -0.1) is 0 Å². The highest BCUT2D eigenvalue weighted by molar-refractivity contribution is 5.96. The second-order valence-electron chi connectivity index (χ2n) is 5.26. The molecule has 0 spiro atoms. The molecule has 0 saturated heterocycles. The van der Waals surface area contributed by atoms with Gasteiger partial charge in [-0.25, -0.2) is 5.48 Å². The third kappa shape index (κ3) is 3.78. The third-order valence-electron chi connectivity index (χ3n) is 3.34. The van der Waals surface area contributed by atoms with Crippen LogP contribution >= 0.6 is 0 Å². The minimum atomic E-state index is -0.840. The fourth-order valence-corrected chi connectivity index (χ4v) is 2.14. The van der Waals surface area contributed by atoms with Gasteiger partial charge in [-0.2, -0.15) is 0 Å². The molecule has 9 nitrogen and oxygen atoms in total. The van der Waals surface area contributed by atoms with Crippen LogP contribution < -0.4 is 15.5 Å². The van der Waals surface area contributed by atoms with Gasteiger partial charge in [0, 0.05) is 5.39 Å². The van der Waals surface area contributed by atoms with Crippen molar-refractivity contribution in [2.45, 2.75) is 13.0 Å². The van der Waals surface area contributed by atoms with Crippen LogP contribution in [0.5, 0.6) is 5.88 Å². The zero-order valence-corrected chi connectivity index (χ0v) is 13.2. The maximum Gasteiger partial charge on any atom is 0.313 e. The summed E-state index contributed by atoms with van der Waals surface area (Å²) in [7, 11) is 0. The van der Waals surface area contributed by atoms with E-state index in [2.05, 4.69) is 10.5 Å². The number of furan rings is 1. The van der Waals surface area contributed by atoms with Gasteiger partial charge in [0.2, 0.25) is 5.76 Å². The van der Waals surface area contributed by atoms with Gasteiger partial charge in [-0.05, 0) is 24.2 Å². The van der Waals surface area contributed by atoms with Crippen LogP contribution in [0, 0.1) is 0 Å². The first-order valence-electron chi connectivity index (χ1n) is 7.41. The second-order valence-corrected chi connectivity index (χ2v) is 5.26. The maximum absolute atomic E-state index is 12.1. The van der Waals surface area contributed by atoms with E-state index in [1.54, 1.807) is 19.1 Å². The highest BCUT2D eigenvalue weighted by Gasteiger charge is 2.16. The van der Waals surface area contributed by atoms with Gasteiger partial charge in [0.15, 0.2) is 5.76 Å². The molecule has 0 fully saturated rings. The third-order valence-corrected chi connectivity index (χ3v) is 3.34. The van der Waals surface area contributed by atoms with Crippen LogP contribution in [0.3, 0.4) is 0 Å². The van der Waals surface area contributed by atoms with E-state index in [4.69, 9.17) is 18.9 Å². The van der Waals surface area contributed by atoms with Gasteiger partial charge >= 0.3 is 5.91 Å². The lowest BCUT2D eigenvalue weighted by Gasteiger charge is -2.12. The summed E-state index contributed by atoms with van der Waals surface area (Å²) in [5.74, 6) is -1.14. The fraction of sp³-hybridized carbons (Fsp3) is 0.188. The average molecular weight is 345 g/mol. The molecule has 25 heavy (non-hydrogen) atoms. The number of aromatic nitrogens is 1. The number of nitrogens with one attached hydrogen (secondary N) is 2. The summed E-state index contributed by atoms with van der Waals surface area (Å²) in [6.45, 7) is 1.89. The normalized spacial score (nSPS) is 11.9. The minimum absolute atomic E-state index is 0.0593. The molecule has 0 bridgehead atoms. The van der Waals surface area contributed by atoms with Crippen molar-refractivity contribution in [3.05, 3.63) is 47.9 Å². The van der Waals surface area contributed by atoms with Crippen molar-refractivity contribution in [2.75, 3.05) is 6.54 Å². The molecule has 0 aliphatic heterocycles. The van der Waals surface area contributed by atoms with E-state index in [-0.39, 0.29) is 29.9 Å². The predicted molar refractivity (Wildman–Crippen MR) is 84.4 cm³/mol. The Morgan fingerprint density at radius 1 is 1.24 bits per heavy atom. The van der Waals surface area contributed by atoms with Crippen molar-refractivity contribution in [1.82, 2.24) is 16.0 Å². The molecule has 0 unspecified atom stereocenters. The monoisotopic (exact) mass is 345 g/mol. The molecular weight excluding hydrogens is 330 g/mol. The van der Waals surface area contributed by atoms with E-state index >= 15 is 0 Å². The number of hydrogen-bond donors (Lipinski definition) is 3.